The molecule has 4 nitrogen and oxygen atoms in total. The van der Waals surface area contributed by atoms with E-state index in [1.54, 1.807) is 0 Å². The van der Waals surface area contributed by atoms with Crippen LogP contribution in [0.25, 0.3) is 0 Å². The molecule has 0 heterocycles. The lowest BCUT2D eigenvalue weighted by molar-refractivity contribution is -0.168. The zero-order valence-electron chi connectivity index (χ0n) is 15.0. The summed E-state index contributed by atoms with van der Waals surface area (Å²) in [5, 5.41) is 18.9. The Morgan fingerprint density at radius 1 is 0.826 bits per heavy atom. The molecule has 0 atom stereocenters. The highest BCUT2D eigenvalue weighted by Crippen LogP contribution is 2.19. The number of rotatable bonds is 16. The maximum Gasteiger partial charge on any atom is 0.282 e. The van der Waals surface area contributed by atoms with Gasteiger partial charge in [-0.3, -0.25) is 4.79 Å². The van der Waals surface area contributed by atoms with E-state index in [9.17, 15) is 15.0 Å². The van der Waals surface area contributed by atoms with Crippen molar-refractivity contribution in [2.24, 2.45) is 5.73 Å². The first-order chi connectivity index (χ1) is 10.9. The summed E-state index contributed by atoms with van der Waals surface area (Å²) >= 11 is 0. The molecule has 0 aromatic heterocycles. The van der Waals surface area contributed by atoms with Crippen LogP contribution in [0.4, 0.5) is 0 Å². The fraction of sp³-hybridized carbons (Fsp3) is 0.842. The topological polar surface area (TPSA) is 83.6 Å². The van der Waals surface area contributed by atoms with Crippen molar-refractivity contribution >= 4 is 5.91 Å². The van der Waals surface area contributed by atoms with Gasteiger partial charge in [-0.2, -0.15) is 0 Å². The van der Waals surface area contributed by atoms with Gasteiger partial charge in [0.1, 0.15) is 0 Å². The van der Waals surface area contributed by atoms with Crippen molar-refractivity contribution in [2.45, 2.75) is 103 Å². The molecule has 0 saturated carbocycles. The summed E-state index contributed by atoms with van der Waals surface area (Å²) in [6.45, 7) is 5.79. The molecule has 23 heavy (non-hydrogen) atoms. The van der Waals surface area contributed by atoms with Gasteiger partial charge in [-0.15, -0.1) is 0 Å². The van der Waals surface area contributed by atoms with Crippen LogP contribution in [0.1, 0.15) is 96.8 Å². The lowest BCUT2D eigenvalue weighted by Crippen LogP contribution is -2.45. The maximum absolute atomic E-state index is 10.9. The summed E-state index contributed by atoms with van der Waals surface area (Å²) in [4.78, 5) is 10.9. The molecule has 0 bridgehead atoms. The number of carbonyl (C=O) groups is 1. The molecule has 0 aromatic rings. The number of primary amides is 1. The molecular weight excluding hydrogens is 290 g/mol. The average molecular weight is 328 g/mol. The average Bonchev–Trinajstić information content (AvgIpc) is 2.51. The summed E-state index contributed by atoms with van der Waals surface area (Å²) in [5.74, 6) is -3.71. The van der Waals surface area contributed by atoms with Crippen LogP contribution in [0.2, 0.25) is 0 Å². The number of aliphatic hydroxyl groups is 2. The minimum atomic E-state index is -2.56. The summed E-state index contributed by atoms with van der Waals surface area (Å²) in [5.41, 5.74) is 5.01. The van der Waals surface area contributed by atoms with Crippen LogP contribution in [0.5, 0.6) is 0 Å². The first-order valence-corrected chi connectivity index (χ1v) is 9.35. The van der Waals surface area contributed by atoms with E-state index in [1.165, 1.54) is 64.2 Å². The minimum Gasteiger partial charge on any atom is -0.365 e. The fourth-order valence-electron chi connectivity index (χ4n) is 2.70. The molecular formula is C19H37NO3. The maximum atomic E-state index is 10.9. The van der Waals surface area contributed by atoms with Gasteiger partial charge < -0.3 is 15.9 Å². The molecule has 0 radical (unpaired) electrons. The van der Waals surface area contributed by atoms with Gasteiger partial charge in [-0.25, -0.2) is 0 Å². The standard InChI is InChI=1S/C19H37NO3/c1-3-4-5-6-7-8-9-10-11-12-13-14-15-16-17(2)19(22,23)18(20)21/h22-23H,2-16H2,1H3,(H2,20,21). The molecule has 1 amide bonds. The monoisotopic (exact) mass is 327 g/mol. The largest absolute Gasteiger partial charge is 0.365 e. The second-order valence-corrected chi connectivity index (χ2v) is 6.63. The van der Waals surface area contributed by atoms with Gasteiger partial charge in [-0.05, 0) is 18.4 Å². The lowest BCUT2D eigenvalue weighted by Gasteiger charge is -2.20. The van der Waals surface area contributed by atoms with Crippen LogP contribution in [0, 0.1) is 0 Å². The molecule has 4 N–H and O–H groups in total. The third kappa shape index (κ3) is 11.3. The van der Waals surface area contributed by atoms with E-state index >= 15 is 0 Å². The van der Waals surface area contributed by atoms with E-state index in [-0.39, 0.29) is 5.57 Å². The van der Waals surface area contributed by atoms with E-state index in [2.05, 4.69) is 13.5 Å². The predicted octanol–water partition coefficient (Wildman–Crippen LogP) is 4.19. The quantitative estimate of drug-likeness (QED) is 0.226. The molecule has 0 spiro atoms. The normalized spacial score (nSPS) is 11.6. The number of unbranched alkanes of at least 4 members (excludes halogenated alkanes) is 12. The van der Waals surface area contributed by atoms with E-state index in [0.717, 1.165) is 19.3 Å². The first kappa shape index (κ1) is 22.1. The Balaban J connectivity index is 3.34. The van der Waals surface area contributed by atoms with Gasteiger partial charge in [0.15, 0.2) is 0 Å². The number of hydrogen-bond donors (Lipinski definition) is 3. The Hall–Kier alpha value is -0.870. The highest BCUT2D eigenvalue weighted by molar-refractivity contribution is 5.84. The number of hydrogen-bond acceptors (Lipinski definition) is 3. The summed E-state index contributed by atoms with van der Waals surface area (Å²) in [6.07, 6.45) is 16.8. The van der Waals surface area contributed by atoms with E-state index < -0.39 is 11.7 Å². The van der Waals surface area contributed by atoms with E-state index in [1.807, 2.05) is 0 Å². The minimum absolute atomic E-state index is 0.0908. The van der Waals surface area contributed by atoms with Gasteiger partial charge in [0.2, 0.25) is 0 Å². The Bertz CT molecular complexity index is 327. The van der Waals surface area contributed by atoms with Gasteiger partial charge in [0, 0.05) is 0 Å². The highest BCUT2D eigenvalue weighted by atomic mass is 16.5. The van der Waals surface area contributed by atoms with Crippen LogP contribution >= 0.6 is 0 Å². The van der Waals surface area contributed by atoms with Crippen molar-refractivity contribution in [3.63, 3.8) is 0 Å². The van der Waals surface area contributed by atoms with Crippen molar-refractivity contribution in [3.05, 3.63) is 12.2 Å². The predicted molar refractivity (Wildman–Crippen MR) is 95.8 cm³/mol. The van der Waals surface area contributed by atoms with Crippen molar-refractivity contribution < 1.29 is 15.0 Å². The van der Waals surface area contributed by atoms with Gasteiger partial charge in [0.05, 0.1) is 0 Å². The van der Waals surface area contributed by atoms with Crippen molar-refractivity contribution in [2.75, 3.05) is 0 Å². The Morgan fingerprint density at radius 2 is 1.17 bits per heavy atom. The molecule has 0 fully saturated rings. The summed E-state index contributed by atoms with van der Waals surface area (Å²) < 4.78 is 0. The van der Waals surface area contributed by atoms with Crippen LogP contribution in [0.15, 0.2) is 12.2 Å². The van der Waals surface area contributed by atoms with E-state index in [0.29, 0.717) is 6.42 Å². The highest BCUT2D eigenvalue weighted by Gasteiger charge is 2.33. The number of amides is 1. The number of carbonyl (C=O) groups excluding carboxylic acids is 1. The molecule has 4 heteroatoms. The zero-order chi connectivity index (χ0) is 17.6. The first-order valence-electron chi connectivity index (χ1n) is 9.35. The Labute approximate surface area is 142 Å². The van der Waals surface area contributed by atoms with Gasteiger partial charge in [-0.1, -0.05) is 90.6 Å². The van der Waals surface area contributed by atoms with Crippen molar-refractivity contribution in [1.82, 2.24) is 0 Å². The molecule has 0 aliphatic rings. The van der Waals surface area contributed by atoms with E-state index in [4.69, 9.17) is 5.73 Å². The molecule has 0 aliphatic heterocycles. The number of nitrogens with two attached hydrogens (primary N) is 1. The molecule has 0 aliphatic carbocycles. The molecule has 0 saturated heterocycles. The van der Waals surface area contributed by atoms with Gasteiger partial charge >= 0.3 is 0 Å². The third-order valence-corrected chi connectivity index (χ3v) is 4.42. The second-order valence-electron chi connectivity index (χ2n) is 6.63. The zero-order valence-corrected chi connectivity index (χ0v) is 15.0. The van der Waals surface area contributed by atoms with Crippen LogP contribution in [-0.4, -0.2) is 21.9 Å². The van der Waals surface area contributed by atoms with Crippen LogP contribution in [-0.2, 0) is 4.79 Å². The molecule has 0 unspecified atom stereocenters. The molecule has 136 valence electrons. The van der Waals surface area contributed by atoms with Crippen LogP contribution in [0.3, 0.4) is 0 Å². The fourth-order valence-corrected chi connectivity index (χ4v) is 2.70. The molecule has 0 rings (SSSR count). The third-order valence-electron chi connectivity index (χ3n) is 4.42. The Kier molecular flexibility index (Phi) is 13.0. The van der Waals surface area contributed by atoms with Crippen molar-refractivity contribution in [3.8, 4) is 0 Å². The van der Waals surface area contributed by atoms with Crippen molar-refractivity contribution in [1.29, 1.82) is 0 Å². The summed E-state index contributed by atoms with van der Waals surface area (Å²) in [7, 11) is 0. The second kappa shape index (κ2) is 13.6. The lowest BCUT2D eigenvalue weighted by atomic mass is 9.99. The SMILES string of the molecule is C=C(CCCCCCCCCCCCCCC)C(O)(O)C(N)=O. The van der Waals surface area contributed by atoms with Gasteiger partial charge in [0.25, 0.3) is 11.7 Å². The van der Waals surface area contributed by atoms with Crippen LogP contribution < -0.4 is 5.73 Å². The Morgan fingerprint density at radius 3 is 1.52 bits per heavy atom. The smallest absolute Gasteiger partial charge is 0.282 e. The molecule has 0 aromatic carbocycles. The summed E-state index contributed by atoms with van der Waals surface area (Å²) in [6, 6.07) is 0.